The van der Waals surface area contributed by atoms with Crippen LogP contribution in [0.2, 0.25) is 0 Å². The third kappa shape index (κ3) is 4.37. The zero-order valence-electron chi connectivity index (χ0n) is 15.0. The second-order valence-electron chi connectivity index (χ2n) is 7.75. The van der Waals surface area contributed by atoms with Crippen LogP contribution in [0.4, 0.5) is 0 Å². The summed E-state index contributed by atoms with van der Waals surface area (Å²) in [5.41, 5.74) is 1.88. The van der Waals surface area contributed by atoms with Crippen LogP contribution in [0.3, 0.4) is 0 Å². The molecule has 1 aromatic carbocycles. The van der Waals surface area contributed by atoms with E-state index in [9.17, 15) is 9.90 Å². The molecule has 1 aliphatic heterocycles. The van der Waals surface area contributed by atoms with Crippen LogP contribution in [0.15, 0.2) is 24.3 Å². The summed E-state index contributed by atoms with van der Waals surface area (Å²) in [6, 6.07) is 8.52. The average Bonchev–Trinajstić information content (AvgIpc) is 3.36. The quantitative estimate of drug-likeness (QED) is 0.902. The Morgan fingerprint density at radius 1 is 1.21 bits per heavy atom. The van der Waals surface area contributed by atoms with Gasteiger partial charge in [-0.05, 0) is 50.2 Å². The molecule has 2 fully saturated rings. The number of hydrogen-bond acceptors (Lipinski definition) is 3. The smallest absolute Gasteiger partial charge is 0.225 e. The molecule has 1 aliphatic carbocycles. The van der Waals surface area contributed by atoms with Gasteiger partial charge in [0.1, 0.15) is 0 Å². The van der Waals surface area contributed by atoms with Gasteiger partial charge in [-0.2, -0.15) is 0 Å². The van der Waals surface area contributed by atoms with Gasteiger partial charge in [0.25, 0.3) is 0 Å². The molecule has 1 saturated heterocycles. The average molecular weight is 330 g/mol. The van der Waals surface area contributed by atoms with Crippen LogP contribution < -0.4 is 0 Å². The zero-order valence-corrected chi connectivity index (χ0v) is 15.0. The number of hydrogen-bond donors (Lipinski definition) is 1. The van der Waals surface area contributed by atoms with Crippen molar-refractivity contribution in [1.82, 2.24) is 9.80 Å². The maximum Gasteiger partial charge on any atom is 0.225 e. The van der Waals surface area contributed by atoms with Gasteiger partial charge in [-0.1, -0.05) is 24.3 Å². The summed E-state index contributed by atoms with van der Waals surface area (Å²) in [5.74, 6) is 0.440. The van der Waals surface area contributed by atoms with Gasteiger partial charge in [-0.3, -0.25) is 9.69 Å². The number of benzene rings is 1. The lowest BCUT2D eigenvalue weighted by atomic mass is 9.95. The summed E-state index contributed by atoms with van der Waals surface area (Å²) in [6.45, 7) is 8.44. The van der Waals surface area contributed by atoms with Crippen molar-refractivity contribution in [2.75, 3.05) is 26.2 Å². The number of nitrogens with zero attached hydrogens (tertiary/aromatic N) is 2. The van der Waals surface area contributed by atoms with E-state index in [0.717, 1.165) is 52.0 Å². The summed E-state index contributed by atoms with van der Waals surface area (Å²) in [4.78, 5) is 17.0. The standard InChI is InChI=1S/C20H30N2O2/c1-16-6-3-4-7-17(16)15-21-10-5-11-22(13-12-21)19(23)14-20(2,24)18-8-9-18/h3-4,6-7,18,24H,5,8-15H2,1-2H3. The molecule has 1 aromatic rings. The fourth-order valence-electron chi connectivity index (χ4n) is 3.67. The fraction of sp³-hybridized carbons (Fsp3) is 0.650. The van der Waals surface area contributed by atoms with E-state index in [1.54, 1.807) is 0 Å². The van der Waals surface area contributed by atoms with E-state index in [0.29, 0.717) is 5.92 Å². The molecule has 4 nitrogen and oxygen atoms in total. The van der Waals surface area contributed by atoms with Crippen molar-refractivity contribution >= 4 is 5.91 Å². The number of aryl methyl sites for hydroxylation is 1. The van der Waals surface area contributed by atoms with Gasteiger partial charge in [0.2, 0.25) is 5.91 Å². The van der Waals surface area contributed by atoms with Crippen LogP contribution in [-0.4, -0.2) is 52.6 Å². The molecule has 1 atom stereocenters. The summed E-state index contributed by atoms with van der Waals surface area (Å²) >= 11 is 0. The van der Waals surface area contributed by atoms with Crippen LogP contribution in [-0.2, 0) is 11.3 Å². The maximum absolute atomic E-state index is 12.6. The van der Waals surface area contributed by atoms with E-state index in [-0.39, 0.29) is 12.3 Å². The van der Waals surface area contributed by atoms with Crippen LogP contribution in [0.1, 0.15) is 43.7 Å². The van der Waals surface area contributed by atoms with Crippen LogP contribution >= 0.6 is 0 Å². The Labute approximate surface area is 145 Å². The highest BCUT2D eigenvalue weighted by molar-refractivity contribution is 5.77. The first kappa shape index (κ1) is 17.4. The Kier molecular flexibility index (Phi) is 5.26. The lowest BCUT2D eigenvalue weighted by Gasteiger charge is -2.27. The summed E-state index contributed by atoms with van der Waals surface area (Å²) < 4.78 is 0. The topological polar surface area (TPSA) is 43.8 Å². The van der Waals surface area contributed by atoms with Crippen LogP contribution in [0.25, 0.3) is 0 Å². The zero-order chi connectivity index (χ0) is 17.2. The van der Waals surface area contributed by atoms with Gasteiger partial charge in [-0.15, -0.1) is 0 Å². The highest BCUT2D eigenvalue weighted by atomic mass is 16.3. The minimum atomic E-state index is -0.815. The van der Waals surface area contributed by atoms with E-state index in [1.165, 1.54) is 11.1 Å². The maximum atomic E-state index is 12.6. The molecule has 0 radical (unpaired) electrons. The summed E-state index contributed by atoms with van der Waals surface area (Å²) in [5, 5.41) is 10.4. The van der Waals surface area contributed by atoms with Gasteiger partial charge in [0.15, 0.2) is 0 Å². The second kappa shape index (κ2) is 7.24. The molecular weight excluding hydrogens is 300 g/mol. The Morgan fingerprint density at radius 3 is 2.67 bits per heavy atom. The summed E-state index contributed by atoms with van der Waals surface area (Å²) in [6.07, 6.45) is 3.40. The molecule has 2 aliphatic rings. The van der Waals surface area contributed by atoms with Crippen molar-refractivity contribution in [1.29, 1.82) is 0 Å². The highest BCUT2D eigenvalue weighted by Crippen LogP contribution is 2.41. The molecule has 0 bridgehead atoms. The minimum absolute atomic E-state index is 0.115. The van der Waals surface area contributed by atoms with Crippen molar-refractivity contribution in [2.45, 2.75) is 51.7 Å². The van der Waals surface area contributed by atoms with Gasteiger partial charge in [0.05, 0.1) is 12.0 Å². The van der Waals surface area contributed by atoms with Crippen molar-refractivity contribution in [3.05, 3.63) is 35.4 Å². The van der Waals surface area contributed by atoms with Crippen LogP contribution in [0.5, 0.6) is 0 Å². The monoisotopic (exact) mass is 330 g/mol. The Bertz CT molecular complexity index is 581. The number of carbonyl (C=O) groups excluding carboxylic acids is 1. The van der Waals surface area contributed by atoms with Crippen LogP contribution in [0, 0.1) is 12.8 Å². The first-order valence-electron chi connectivity index (χ1n) is 9.23. The van der Waals surface area contributed by atoms with E-state index in [1.807, 2.05) is 11.8 Å². The second-order valence-corrected chi connectivity index (χ2v) is 7.75. The number of aliphatic hydroxyl groups is 1. The normalized spacial score (nSPS) is 22.0. The lowest BCUT2D eigenvalue weighted by Crippen LogP contribution is -2.40. The molecule has 1 unspecified atom stereocenters. The predicted octanol–water partition coefficient (Wildman–Crippen LogP) is 2.58. The van der Waals surface area contributed by atoms with Crippen molar-refractivity contribution in [3.63, 3.8) is 0 Å². The Balaban J connectivity index is 1.53. The predicted molar refractivity (Wildman–Crippen MR) is 95.6 cm³/mol. The molecule has 1 heterocycles. The summed E-state index contributed by atoms with van der Waals surface area (Å²) in [7, 11) is 0. The number of rotatable bonds is 5. The highest BCUT2D eigenvalue weighted by Gasteiger charge is 2.42. The molecule has 4 heteroatoms. The van der Waals surface area contributed by atoms with E-state index in [2.05, 4.69) is 36.1 Å². The van der Waals surface area contributed by atoms with E-state index < -0.39 is 5.60 Å². The van der Waals surface area contributed by atoms with Crippen molar-refractivity contribution in [3.8, 4) is 0 Å². The molecular formula is C20H30N2O2. The molecule has 0 aromatic heterocycles. The third-order valence-corrected chi connectivity index (χ3v) is 5.56. The molecule has 1 amide bonds. The first-order valence-corrected chi connectivity index (χ1v) is 9.23. The molecule has 1 N–H and O–H groups in total. The largest absolute Gasteiger partial charge is 0.389 e. The van der Waals surface area contributed by atoms with Gasteiger partial charge in [-0.25, -0.2) is 0 Å². The Morgan fingerprint density at radius 2 is 1.96 bits per heavy atom. The minimum Gasteiger partial charge on any atom is -0.389 e. The number of carbonyl (C=O) groups is 1. The van der Waals surface area contributed by atoms with Crippen molar-refractivity contribution < 1.29 is 9.90 Å². The molecule has 3 rings (SSSR count). The molecule has 24 heavy (non-hydrogen) atoms. The molecule has 0 spiro atoms. The molecule has 132 valence electrons. The lowest BCUT2D eigenvalue weighted by molar-refractivity contribution is -0.136. The third-order valence-electron chi connectivity index (χ3n) is 5.56. The van der Waals surface area contributed by atoms with Gasteiger partial charge >= 0.3 is 0 Å². The number of amides is 1. The van der Waals surface area contributed by atoms with E-state index >= 15 is 0 Å². The van der Waals surface area contributed by atoms with Gasteiger partial charge < -0.3 is 10.0 Å². The fourth-order valence-corrected chi connectivity index (χ4v) is 3.67. The van der Waals surface area contributed by atoms with Crippen molar-refractivity contribution in [2.24, 2.45) is 5.92 Å². The van der Waals surface area contributed by atoms with E-state index in [4.69, 9.17) is 0 Å². The molecule has 1 saturated carbocycles. The SMILES string of the molecule is Cc1ccccc1CN1CCCN(C(=O)CC(C)(O)C2CC2)CC1. The first-order chi connectivity index (χ1) is 11.5. The van der Waals surface area contributed by atoms with Gasteiger partial charge in [0, 0.05) is 32.7 Å². The Hall–Kier alpha value is -1.39.